The summed E-state index contributed by atoms with van der Waals surface area (Å²) in [6, 6.07) is 1.17. The fraction of sp³-hybridized carbons (Fsp3) is 0.462. The molecule has 0 fully saturated rings. The first-order valence-corrected chi connectivity index (χ1v) is 6.25. The van der Waals surface area contributed by atoms with Crippen molar-refractivity contribution in [3.63, 3.8) is 0 Å². The number of nitrogens with zero attached hydrogens (tertiary/aromatic N) is 3. The van der Waals surface area contributed by atoms with Crippen molar-refractivity contribution < 1.29 is 9.90 Å². The van der Waals surface area contributed by atoms with E-state index in [-0.39, 0.29) is 0 Å². The second-order valence-corrected chi connectivity index (χ2v) is 5.03. The number of aryl methyl sites for hydroxylation is 1. The van der Waals surface area contributed by atoms with Gasteiger partial charge < -0.3 is 10.4 Å². The molecule has 0 bridgehead atoms. The van der Waals surface area contributed by atoms with Gasteiger partial charge in [0.2, 0.25) is 0 Å². The van der Waals surface area contributed by atoms with Crippen LogP contribution in [0.3, 0.4) is 0 Å². The highest BCUT2D eigenvalue weighted by Crippen LogP contribution is 2.22. The fourth-order valence-corrected chi connectivity index (χ4v) is 2.05. The molecule has 6 nitrogen and oxygen atoms in total. The van der Waals surface area contributed by atoms with E-state index in [1.807, 2.05) is 20.9 Å². The average Bonchev–Trinajstić information content (AvgIpc) is 2.71. The maximum absolute atomic E-state index is 11.3. The Hall–Kier alpha value is -2.11. The Balaban J connectivity index is 2.31. The van der Waals surface area contributed by atoms with Gasteiger partial charge >= 0.3 is 5.97 Å². The van der Waals surface area contributed by atoms with E-state index in [4.69, 9.17) is 0 Å². The third-order valence-electron chi connectivity index (χ3n) is 2.97. The second kappa shape index (κ2) is 5.26. The first-order valence-electron chi connectivity index (χ1n) is 6.25. The number of fused-ring (bicyclic) bond motifs is 1. The van der Waals surface area contributed by atoms with Crippen LogP contribution in [0.1, 0.15) is 20.3 Å². The lowest BCUT2D eigenvalue weighted by molar-refractivity contribution is -0.138. The lowest BCUT2D eigenvalue weighted by Gasteiger charge is -2.18. The topological polar surface area (TPSA) is 80.0 Å². The molecule has 0 aliphatic rings. The number of carboxylic acid groups (broad SMARTS) is 1. The standard InChI is InChI=1S/C13H18N4O2/c1-8(2)6-11(13(18)19)16-10-4-5-14-12-9(10)7-15-17(12)3/h4-5,7-8,11H,6H2,1-3H3,(H,14,16)(H,18,19)/t11-/m1/s1. The van der Waals surface area contributed by atoms with Crippen LogP contribution in [0.5, 0.6) is 0 Å². The zero-order chi connectivity index (χ0) is 14.0. The second-order valence-electron chi connectivity index (χ2n) is 5.03. The van der Waals surface area contributed by atoms with Gasteiger partial charge in [-0.15, -0.1) is 0 Å². The number of aliphatic carboxylic acids is 1. The largest absolute Gasteiger partial charge is 0.480 e. The summed E-state index contributed by atoms with van der Waals surface area (Å²) in [4.78, 5) is 15.5. The monoisotopic (exact) mass is 262 g/mol. The van der Waals surface area contributed by atoms with Gasteiger partial charge in [-0.05, 0) is 18.4 Å². The highest BCUT2D eigenvalue weighted by atomic mass is 16.4. The normalized spacial score (nSPS) is 12.8. The minimum absolute atomic E-state index is 0.305. The maximum Gasteiger partial charge on any atom is 0.326 e. The molecule has 0 aliphatic heterocycles. The Morgan fingerprint density at radius 1 is 1.53 bits per heavy atom. The van der Waals surface area contributed by atoms with E-state index in [2.05, 4.69) is 15.4 Å². The summed E-state index contributed by atoms with van der Waals surface area (Å²) in [6.07, 6.45) is 3.92. The van der Waals surface area contributed by atoms with Crippen LogP contribution in [0.4, 0.5) is 5.69 Å². The predicted octanol–water partition coefficient (Wildman–Crippen LogP) is 1.88. The van der Waals surface area contributed by atoms with Crippen LogP contribution >= 0.6 is 0 Å². The van der Waals surface area contributed by atoms with E-state index >= 15 is 0 Å². The van der Waals surface area contributed by atoms with Gasteiger partial charge in [0.15, 0.2) is 5.65 Å². The van der Waals surface area contributed by atoms with Crippen LogP contribution in [0.15, 0.2) is 18.5 Å². The molecule has 0 saturated carbocycles. The lowest BCUT2D eigenvalue weighted by Crippen LogP contribution is -2.30. The van der Waals surface area contributed by atoms with Crippen molar-refractivity contribution in [3.8, 4) is 0 Å². The predicted molar refractivity (Wildman–Crippen MR) is 73.0 cm³/mol. The Labute approximate surface area is 111 Å². The highest BCUT2D eigenvalue weighted by Gasteiger charge is 2.20. The van der Waals surface area contributed by atoms with Gasteiger partial charge in [-0.1, -0.05) is 13.8 Å². The van der Waals surface area contributed by atoms with E-state index in [0.717, 1.165) is 16.7 Å². The molecule has 0 aromatic carbocycles. The molecule has 0 aliphatic carbocycles. The highest BCUT2D eigenvalue weighted by molar-refractivity contribution is 5.90. The number of carbonyl (C=O) groups is 1. The van der Waals surface area contributed by atoms with Gasteiger partial charge in [-0.25, -0.2) is 9.78 Å². The molecule has 2 aromatic heterocycles. The molecule has 0 saturated heterocycles. The number of hydrogen-bond acceptors (Lipinski definition) is 4. The molecule has 2 N–H and O–H groups in total. The third kappa shape index (κ3) is 2.83. The Morgan fingerprint density at radius 3 is 2.89 bits per heavy atom. The Kier molecular flexibility index (Phi) is 3.69. The van der Waals surface area contributed by atoms with Gasteiger partial charge in [0.1, 0.15) is 6.04 Å². The first kappa shape index (κ1) is 13.3. The van der Waals surface area contributed by atoms with Crippen LogP contribution in [0, 0.1) is 5.92 Å². The average molecular weight is 262 g/mol. The van der Waals surface area contributed by atoms with Gasteiger partial charge in [0.25, 0.3) is 0 Å². The van der Waals surface area contributed by atoms with Crippen molar-refractivity contribution in [1.29, 1.82) is 0 Å². The van der Waals surface area contributed by atoms with E-state index in [1.54, 1.807) is 23.1 Å². The fourth-order valence-electron chi connectivity index (χ4n) is 2.05. The van der Waals surface area contributed by atoms with E-state index < -0.39 is 12.0 Å². The first-order chi connectivity index (χ1) is 8.99. The van der Waals surface area contributed by atoms with Crippen molar-refractivity contribution in [2.24, 2.45) is 13.0 Å². The van der Waals surface area contributed by atoms with Crippen LogP contribution < -0.4 is 5.32 Å². The van der Waals surface area contributed by atoms with Crippen molar-refractivity contribution in [1.82, 2.24) is 14.8 Å². The molecule has 0 unspecified atom stereocenters. The molecular formula is C13H18N4O2. The van der Waals surface area contributed by atoms with Crippen LogP contribution in [-0.4, -0.2) is 31.9 Å². The minimum Gasteiger partial charge on any atom is -0.480 e. The zero-order valence-electron chi connectivity index (χ0n) is 11.3. The molecule has 0 radical (unpaired) electrons. The number of aromatic nitrogens is 3. The van der Waals surface area contributed by atoms with E-state index in [0.29, 0.717) is 12.3 Å². The number of pyridine rings is 1. The summed E-state index contributed by atoms with van der Waals surface area (Å²) in [7, 11) is 1.81. The number of hydrogen-bond donors (Lipinski definition) is 2. The Bertz CT molecular complexity index is 591. The van der Waals surface area contributed by atoms with Crippen LogP contribution in [-0.2, 0) is 11.8 Å². The summed E-state index contributed by atoms with van der Waals surface area (Å²) < 4.78 is 1.67. The lowest BCUT2D eigenvalue weighted by atomic mass is 10.0. The molecule has 2 heterocycles. The molecular weight excluding hydrogens is 244 g/mol. The van der Waals surface area contributed by atoms with E-state index in [1.165, 1.54) is 0 Å². The number of nitrogens with one attached hydrogen (secondary N) is 1. The summed E-state index contributed by atoms with van der Waals surface area (Å²) >= 11 is 0. The van der Waals surface area contributed by atoms with Crippen molar-refractivity contribution in [3.05, 3.63) is 18.5 Å². The van der Waals surface area contributed by atoms with Gasteiger partial charge in [-0.2, -0.15) is 5.10 Å². The summed E-state index contributed by atoms with van der Waals surface area (Å²) in [5.41, 5.74) is 1.49. The molecule has 6 heteroatoms. The van der Waals surface area contributed by atoms with Gasteiger partial charge in [-0.3, -0.25) is 4.68 Å². The maximum atomic E-state index is 11.3. The molecule has 2 rings (SSSR count). The number of rotatable bonds is 5. The third-order valence-corrected chi connectivity index (χ3v) is 2.97. The SMILES string of the molecule is CC(C)C[C@@H](Nc1ccnc2c1cnn2C)C(=O)O. The summed E-state index contributed by atoms with van der Waals surface area (Å²) in [5, 5.41) is 17.3. The van der Waals surface area contributed by atoms with Crippen molar-refractivity contribution in [2.45, 2.75) is 26.3 Å². The van der Waals surface area contributed by atoms with Crippen LogP contribution in [0.2, 0.25) is 0 Å². The van der Waals surface area contributed by atoms with Crippen LogP contribution in [0.25, 0.3) is 11.0 Å². The van der Waals surface area contributed by atoms with Crippen molar-refractivity contribution >= 4 is 22.7 Å². The number of anilines is 1. The zero-order valence-corrected chi connectivity index (χ0v) is 11.3. The molecule has 1 atom stereocenters. The smallest absolute Gasteiger partial charge is 0.326 e. The summed E-state index contributed by atoms with van der Waals surface area (Å²) in [5.74, 6) is -0.539. The van der Waals surface area contributed by atoms with Gasteiger partial charge in [0.05, 0.1) is 11.6 Å². The molecule has 2 aromatic rings. The molecule has 0 amide bonds. The number of carboxylic acids is 1. The van der Waals surface area contributed by atoms with Crippen molar-refractivity contribution in [2.75, 3.05) is 5.32 Å². The molecule has 102 valence electrons. The minimum atomic E-state index is -0.845. The van der Waals surface area contributed by atoms with E-state index in [9.17, 15) is 9.90 Å². The Morgan fingerprint density at radius 2 is 2.26 bits per heavy atom. The quantitative estimate of drug-likeness (QED) is 0.860. The summed E-state index contributed by atoms with van der Waals surface area (Å²) in [6.45, 7) is 4.01. The van der Waals surface area contributed by atoms with Gasteiger partial charge in [0, 0.05) is 18.9 Å². The molecule has 19 heavy (non-hydrogen) atoms. The molecule has 0 spiro atoms.